The highest BCUT2D eigenvalue weighted by Crippen LogP contribution is 2.12. The van der Waals surface area contributed by atoms with Gasteiger partial charge in [-0.25, -0.2) is 4.99 Å². The molecule has 8 heteroatoms. The van der Waals surface area contributed by atoms with Gasteiger partial charge in [-0.1, -0.05) is 32.0 Å². The predicted molar refractivity (Wildman–Crippen MR) is 119 cm³/mol. The highest BCUT2D eigenvalue weighted by molar-refractivity contribution is 14.0. The minimum Gasteiger partial charge on any atom is -0.357 e. The number of carbonyl (C=O) groups is 2. The second kappa shape index (κ2) is 11.8. The van der Waals surface area contributed by atoms with Crippen LogP contribution in [0.25, 0.3) is 0 Å². The first kappa shape index (κ1) is 23.2. The molecule has 1 fully saturated rings. The maximum absolute atomic E-state index is 12.1. The van der Waals surface area contributed by atoms with Crippen molar-refractivity contribution < 1.29 is 9.59 Å². The van der Waals surface area contributed by atoms with Crippen LogP contribution in [0.5, 0.6) is 0 Å². The summed E-state index contributed by atoms with van der Waals surface area (Å²) in [6.07, 6.45) is 0.874. The Balaban J connectivity index is 0.00000364. The number of carbonyl (C=O) groups excluding carboxylic acids is 2. The largest absolute Gasteiger partial charge is 0.357 e. The van der Waals surface area contributed by atoms with Crippen molar-refractivity contribution in [2.45, 2.75) is 33.2 Å². The summed E-state index contributed by atoms with van der Waals surface area (Å²) in [6.45, 7) is 7.96. The molecule has 0 saturated carbocycles. The maximum Gasteiger partial charge on any atom is 0.246 e. The van der Waals surface area contributed by atoms with Crippen molar-refractivity contribution in [3.05, 3.63) is 30.3 Å². The van der Waals surface area contributed by atoms with Crippen molar-refractivity contribution in [2.75, 3.05) is 31.5 Å². The quantitative estimate of drug-likeness (QED) is 0.326. The molecule has 0 aliphatic carbocycles. The number of guanidine groups is 1. The van der Waals surface area contributed by atoms with Crippen molar-refractivity contribution in [1.29, 1.82) is 0 Å². The number of para-hydroxylation sites is 1. The van der Waals surface area contributed by atoms with Gasteiger partial charge < -0.3 is 20.9 Å². The number of aliphatic imine (C=N–C) groups is 1. The summed E-state index contributed by atoms with van der Waals surface area (Å²) >= 11 is 0. The molecule has 1 aromatic rings. The summed E-state index contributed by atoms with van der Waals surface area (Å²) in [7, 11) is 0. The van der Waals surface area contributed by atoms with Crippen LogP contribution in [-0.2, 0) is 9.59 Å². The van der Waals surface area contributed by atoms with E-state index in [1.807, 2.05) is 56.0 Å². The molecule has 1 aliphatic rings. The first-order chi connectivity index (χ1) is 12.5. The molecule has 3 N–H and O–H groups in total. The minimum absolute atomic E-state index is 0. The number of rotatable bonds is 6. The van der Waals surface area contributed by atoms with Gasteiger partial charge in [-0.3, -0.25) is 9.59 Å². The molecular weight excluding hydrogens is 457 g/mol. The van der Waals surface area contributed by atoms with Crippen LogP contribution in [0.1, 0.15) is 27.2 Å². The summed E-state index contributed by atoms with van der Waals surface area (Å²) in [5, 5.41) is 9.29. The number of halogens is 1. The zero-order valence-electron chi connectivity index (χ0n) is 16.2. The SMILES string of the molecule is CCNC(=NCC(=O)Nc1ccccc1)NC1CCN(C(=O)C(C)C)C1.I. The first-order valence-corrected chi connectivity index (χ1v) is 9.18. The van der Waals surface area contributed by atoms with E-state index in [-0.39, 0.29) is 54.3 Å². The standard InChI is InChI=1S/C19H29N5O2.HI/c1-4-20-19(21-12-17(25)22-15-8-6-5-7-9-15)23-16-10-11-24(13-16)18(26)14(2)3;/h5-9,14,16H,4,10-13H2,1-3H3,(H,22,25)(H2,20,21,23);1H. The molecule has 1 unspecified atom stereocenters. The van der Waals surface area contributed by atoms with E-state index in [0.29, 0.717) is 19.0 Å². The topological polar surface area (TPSA) is 85.8 Å². The van der Waals surface area contributed by atoms with Crippen LogP contribution >= 0.6 is 24.0 Å². The fourth-order valence-electron chi connectivity index (χ4n) is 2.83. The third-order valence-corrected chi connectivity index (χ3v) is 4.12. The lowest BCUT2D eigenvalue weighted by Crippen LogP contribution is -2.45. The average molecular weight is 487 g/mol. The van der Waals surface area contributed by atoms with Crippen LogP contribution in [-0.4, -0.2) is 54.9 Å². The van der Waals surface area contributed by atoms with E-state index in [9.17, 15) is 9.59 Å². The summed E-state index contributed by atoms with van der Waals surface area (Å²) in [5.74, 6) is 0.617. The number of hydrogen-bond acceptors (Lipinski definition) is 3. The average Bonchev–Trinajstić information content (AvgIpc) is 3.08. The van der Waals surface area contributed by atoms with Gasteiger partial charge in [0.05, 0.1) is 0 Å². The van der Waals surface area contributed by atoms with Crippen molar-refractivity contribution in [3.8, 4) is 0 Å². The van der Waals surface area contributed by atoms with Crippen LogP contribution in [0.4, 0.5) is 5.69 Å². The van der Waals surface area contributed by atoms with Gasteiger partial charge in [0.15, 0.2) is 5.96 Å². The van der Waals surface area contributed by atoms with Crippen LogP contribution in [0.2, 0.25) is 0 Å². The van der Waals surface area contributed by atoms with Crippen molar-refractivity contribution in [2.24, 2.45) is 10.9 Å². The van der Waals surface area contributed by atoms with Gasteiger partial charge in [-0.05, 0) is 25.5 Å². The molecule has 1 saturated heterocycles. The molecule has 0 spiro atoms. The third kappa shape index (κ3) is 7.74. The molecule has 1 atom stereocenters. The van der Waals surface area contributed by atoms with Crippen molar-refractivity contribution >= 4 is 47.4 Å². The van der Waals surface area contributed by atoms with Crippen molar-refractivity contribution in [3.63, 3.8) is 0 Å². The Hall–Kier alpha value is -1.84. The van der Waals surface area contributed by atoms with Crippen LogP contribution in [0.15, 0.2) is 35.3 Å². The number of hydrogen-bond donors (Lipinski definition) is 3. The highest BCUT2D eigenvalue weighted by Gasteiger charge is 2.27. The summed E-state index contributed by atoms with van der Waals surface area (Å²) < 4.78 is 0. The van der Waals surface area contributed by atoms with Gasteiger partial charge in [0.1, 0.15) is 6.54 Å². The summed E-state index contributed by atoms with van der Waals surface area (Å²) in [4.78, 5) is 30.4. The highest BCUT2D eigenvalue weighted by atomic mass is 127. The Morgan fingerprint density at radius 2 is 1.96 bits per heavy atom. The number of nitrogens with zero attached hydrogens (tertiary/aromatic N) is 2. The van der Waals surface area contributed by atoms with E-state index in [0.717, 1.165) is 18.7 Å². The molecule has 0 bridgehead atoms. The molecule has 150 valence electrons. The molecule has 1 heterocycles. The van der Waals surface area contributed by atoms with E-state index in [1.165, 1.54) is 0 Å². The fraction of sp³-hybridized carbons (Fsp3) is 0.526. The van der Waals surface area contributed by atoms with Gasteiger partial charge >= 0.3 is 0 Å². The Bertz CT molecular complexity index is 636. The van der Waals surface area contributed by atoms with Gasteiger partial charge in [0, 0.05) is 37.3 Å². The monoisotopic (exact) mass is 487 g/mol. The maximum atomic E-state index is 12.1. The number of likely N-dealkylation sites (tertiary alicyclic amines) is 1. The Morgan fingerprint density at radius 1 is 1.26 bits per heavy atom. The second-order valence-corrected chi connectivity index (χ2v) is 6.68. The summed E-state index contributed by atoms with van der Waals surface area (Å²) in [5.41, 5.74) is 0.754. The van der Waals surface area contributed by atoms with Gasteiger partial charge in [-0.2, -0.15) is 0 Å². The Labute approximate surface area is 178 Å². The third-order valence-electron chi connectivity index (χ3n) is 4.12. The molecular formula is C19H30IN5O2. The second-order valence-electron chi connectivity index (χ2n) is 6.68. The van der Waals surface area contributed by atoms with Crippen molar-refractivity contribution in [1.82, 2.24) is 15.5 Å². The molecule has 1 aliphatic heterocycles. The smallest absolute Gasteiger partial charge is 0.246 e. The number of amides is 2. The van der Waals surface area contributed by atoms with Gasteiger partial charge in [0.25, 0.3) is 0 Å². The Kier molecular flexibility index (Phi) is 10.1. The van der Waals surface area contributed by atoms with Crippen LogP contribution in [0, 0.1) is 5.92 Å². The van der Waals surface area contributed by atoms with Crippen LogP contribution < -0.4 is 16.0 Å². The first-order valence-electron chi connectivity index (χ1n) is 9.18. The zero-order valence-corrected chi connectivity index (χ0v) is 18.5. The van der Waals surface area contributed by atoms with Crippen LogP contribution in [0.3, 0.4) is 0 Å². The molecule has 27 heavy (non-hydrogen) atoms. The molecule has 7 nitrogen and oxygen atoms in total. The van der Waals surface area contributed by atoms with E-state index in [4.69, 9.17) is 0 Å². The lowest BCUT2D eigenvalue weighted by atomic mass is 10.2. The predicted octanol–water partition coefficient (Wildman–Crippen LogP) is 2.06. The molecule has 0 radical (unpaired) electrons. The lowest BCUT2D eigenvalue weighted by molar-refractivity contribution is -0.133. The van der Waals surface area contributed by atoms with E-state index in [2.05, 4.69) is 20.9 Å². The van der Waals surface area contributed by atoms with E-state index < -0.39 is 0 Å². The number of nitrogens with one attached hydrogen (secondary N) is 3. The molecule has 1 aromatic carbocycles. The normalized spacial score (nSPS) is 16.7. The number of anilines is 1. The molecule has 0 aromatic heterocycles. The van der Waals surface area contributed by atoms with E-state index >= 15 is 0 Å². The Morgan fingerprint density at radius 3 is 2.59 bits per heavy atom. The summed E-state index contributed by atoms with van der Waals surface area (Å²) in [6, 6.07) is 9.46. The zero-order chi connectivity index (χ0) is 18.9. The fourth-order valence-corrected chi connectivity index (χ4v) is 2.83. The minimum atomic E-state index is -0.170. The molecule has 2 amide bonds. The van der Waals surface area contributed by atoms with Gasteiger partial charge in [0.2, 0.25) is 11.8 Å². The lowest BCUT2D eigenvalue weighted by Gasteiger charge is -2.20. The van der Waals surface area contributed by atoms with E-state index in [1.54, 1.807) is 0 Å². The van der Waals surface area contributed by atoms with Gasteiger partial charge in [-0.15, -0.1) is 24.0 Å². The molecule has 2 rings (SSSR count). The number of benzene rings is 1.